The van der Waals surface area contributed by atoms with Crippen LogP contribution < -0.4 is 15.0 Å². The quantitative estimate of drug-likeness (QED) is 0.265. The molecule has 0 saturated carbocycles. The van der Waals surface area contributed by atoms with Crippen molar-refractivity contribution in [3.63, 3.8) is 0 Å². The number of aliphatic hydroxyl groups is 1. The second-order valence-electron chi connectivity index (χ2n) is 8.71. The highest BCUT2D eigenvalue weighted by molar-refractivity contribution is 7.89. The van der Waals surface area contributed by atoms with Crippen molar-refractivity contribution < 1.29 is 18.3 Å². The molecule has 0 aliphatic carbocycles. The lowest BCUT2D eigenvalue weighted by Crippen LogP contribution is -2.39. The summed E-state index contributed by atoms with van der Waals surface area (Å²) in [5.74, 6) is 1.19. The summed E-state index contributed by atoms with van der Waals surface area (Å²) in [6.45, 7) is 5.53. The number of aryl methyl sites for hydroxylation is 2. The average Bonchev–Trinajstić information content (AvgIpc) is 3.20. The second kappa shape index (κ2) is 12.3. The zero-order chi connectivity index (χ0) is 26.6. The Hall–Kier alpha value is -3.54. The first-order valence-corrected chi connectivity index (χ1v) is 13.7. The zero-order valence-electron chi connectivity index (χ0n) is 21.1. The molecule has 0 saturated heterocycles. The van der Waals surface area contributed by atoms with Gasteiger partial charge in [-0.2, -0.15) is 0 Å². The zero-order valence-corrected chi connectivity index (χ0v) is 21.9. The van der Waals surface area contributed by atoms with Gasteiger partial charge in [0, 0.05) is 12.5 Å². The molecule has 204 valence electrons. The van der Waals surface area contributed by atoms with Crippen LogP contribution in [-0.4, -0.2) is 52.4 Å². The van der Waals surface area contributed by atoms with Gasteiger partial charge < -0.3 is 14.8 Å². The maximum Gasteiger partial charge on any atom is 0.277 e. The van der Waals surface area contributed by atoms with Gasteiger partial charge in [0.15, 0.2) is 11.3 Å². The summed E-state index contributed by atoms with van der Waals surface area (Å²) in [4.78, 5) is 20.2. The Morgan fingerprint density at radius 3 is 2.55 bits per heavy atom. The van der Waals surface area contributed by atoms with E-state index in [1.165, 1.54) is 22.7 Å². The number of hydrogen-bond acceptors (Lipinski definition) is 7. The van der Waals surface area contributed by atoms with Gasteiger partial charge in [-0.05, 0) is 50.5 Å². The summed E-state index contributed by atoms with van der Waals surface area (Å²) in [7, 11) is -4.02. The molecule has 11 heteroatoms. The lowest BCUT2D eigenvalue weighted by molar-refractivity contribution is 0.256. The number of H-pyrrole nitrogens is 1. The van der Waals surface area contributed by atoms with Crippen LogP contribution in [0.4, 0.5) is 0 Å². The third-order valence-corrected chi connectivity index (χ3v) is 7.42. The number of aromatic amines is 1. The minimum atomic E-state index is -4.02. The number of ether oxygens (including phenoxy) is 1. The van der Waals surface area contributed by atoms with Crippen molar-refractivity contribution >= 4 is 15.5 Å². The Kier molecular flexibility index (Phi) is 9.42. The fraction of sp³-hybridized carbons (Fsp3) is 0.370. The van der Waals surface area contributed by atoms with Gasteiger partial charge in [0.2, 0.25) is 10.0 Å². The molecule has 10 nitrogen and oxygen atoms in total. The highest BCUT2D eigenvalue weighted by Gasteiger charge is 2.23. The van der Waals surface area contributed by atoms with E-state index in [4.69, 9.17) is 4.74 Å². The van der Waals surface area contributed by atoms with Gasteiger partial charge in [0.05, 0.1) is 29.4 Å². The van der Waals surface area contributed by atoms with Gasteiger partial charge in [-0.25, -0.2) is 22.6 Å². The monoisotopic (exact) mass is 541 g/mol. The minimum Gasteiger partial charge on any atom is -0.493 e. The summed E-state index contributed by atoms with van der Waals surface area (Å²) < 4.78 is 36.4. The van der Waals surface area contributed by atoms with Crippen LogP contribution in [0.2, 0.25) is 0 Å². The largest absolute Gasteiger partial charge is 0.493 e. The summed E-state index contributed by atoms with van der Waals surface area (Å²) in [5.41, 5.74) is 1.76. The van der Waals surface area contributed by atoms with E-state index in [-0.39, 0.29) is 30.3 Å². The predicted octanol–water partition coefficient (Wildman–Crippen LogP) is 3.26. The molecule has 2 heterocycles. The number of nitrogens with zero attached hydrogens (tertiary/aromatic N) is 3. The molecule has 0 unspecified atom stereocenters. The molecule has 4 aromatic rings. The van der Waals surface area contributed by atoms with Crippen molar-refractivity contribution in [2.75, 3.05) is 13.2 Å². The summed E-state index contributed by atoms with van der Waals surface area (Å²) in [6.07, 6.45) is 1.78. The molecule has 2 aromatic heterocycles. The Balaban J connectivity index is 0.00000400. The molecular formula is C27H35N5O5S. The van der Waals surface area contributed by atoms with E-state index in [1.807, 2.05) is 44.2 Å². The Labute approximate surface area is 222 Å². The van der Waals surface area contributed by atoms with Crippen molar-refractivity contribution in [1.82, 2.24) is 24.3 Å². The van der Waals surface area contributed by atoms with Crippen LogP contribution in [0.25, 0.3) is 16.9 Å². The molecular weight excluding hydrogens is 506 g/mol. The van der Waals surface area contributed by atoms with E-state index in [9.17, 15) is 18.3 Å². The van der Waals surface area contributed by atoms with E-state index in [2.05, 4.69) is 19.8 Å². The fourth-order valence-corrected chi connectivity index (χ4v) is 5.47. The molecule has 1 atom stereocenters. The van der Waals surface area contributed by atoms with Crippen molar-refractivity contribution in [2.24, 2.45) is 0 Å². The smallest absolute Gasteiger partial charge is 0.277 e. The molecule has 0 radical (unpaired) electrons. The summed E-state index contributed by atoms with van der Waals surface area (Å²) in [6, 6.07) is 13.0. The first-order chi connectivity index (χ1) is 17.8. The van der Waals surface area contributed by atoms with E-state index in [0.29, 0.717) is 47.8 Å². The first-order valence-electron chi connectivity index (χ1n) is 12.2. The number of hydrogen-bond donors (Lipinski definition) is 3. The molecule has 0 aliphatic heterocycles. The standard InChI is InChI=1S/C26H31N5O5S.CH4/c1-4-9-23-27-17(3)24-26(33)28-25(29-31(23)24)21-15-20(12-13-22(21)36-5-2)37(34,35)30-19(16-32)14-18-10-7-6-8-11-18;/h6-8,10-13,15,19,30,32H,4-5,9,14,16H2,1-3H3,(H,28,29,33);1H4/t19-;/m0./s1. The van der Waals surface area contributed by atoms with Crippen molar-refractivity contribution in [1.29, 1.82) is 0 Å². The Morgan fingerprint density at radius 2 is 1.89 bits per heavy atom. The van der Waals surface area contributed by atoms with Crippen LogP contribution in [0.1, 0.15) is 44.8 Å². The number of aliphatic hydroxyl groups excluding tert-OH is 1. The maximum absolute atomic E-state index is 13.3. The molecule has 38 heavy (non-hydrogen) atoms. The molecule has 0 aliphatic rings. The summed E-state index contributed by atoms with van der Waals surface area (Å²) in [5, 5.41) is 14.4. The van der Waals surface area contributed by atoms with Crippen LogP contribution >= 0.6 is 0 Å². The molecule has 3 N–H and O–H groups in total. The van der Waals surface area contributed by atoms with Crippen LogP contribution in [0.3, 0.4) is 0 Å². The minimum absolute atomic E-state index is 0. The first kappa shape index (κ1) is 29.0. The molecule has 0 spiro atoms. The second-order valence-corrected chi connectivity index (χ2v) is 10.4. The van der Waals surface area contributed by atoms with Gasteiger partial charge >= 0.3 is 0 Å². The molecule has 0 amide bonds. The lowest BCUT2D eigenvalue weighted by Gasteiger charge is -2.18. The molecule has 0 fully saturated rings. The highest BCUT2D eigenvalue weighted by Crippen LogP contribution is 2.30. The van der Waals surface area contributed by atoms with E-state index in [1.54, 1.807) is 6.92 Å². The number of benzene rings is 2. The van der Waals surface area contributed by atoms with Gasteiger partial charge in [0.25, 0.3) is 5.56 Å². The molecule has 2 aromatic carbocycles. The normalized spacial score (nSPS) is 12.3. The number of rotatable bonds is 11. The highest BCUT2D eigenvalue weighted by atomic mass is 32.2. The topological polar surface area (TPSA) is 139 Å². The van der Waals surface area contributed by atoms with Crippen molar-refractivity contribution in [3.05, 3.63) is 76.0 Å². The third kappa shape index (κ3) is 6.12. The SMILES string of the molecule is C.CCCc1nc(C)c2c(=O)[nH]c(-c3cc(S(=O)(=O)N[C@H](CO)Cc4ccccc4)ccc3OCC)nn12. The van der Waals surface area contributed by atoms with Crippen molar-refractivity contribution in [3.8, 4) is 17.1 Å². The predicted molar refractivity (Wildman–Crippen MR) is 147 cm³/mol. The number of nitrogens with one attached hydrogen (secondary N) is 2. The van der Waals surface area contributed by atoms with E-state index >= 15 is 0 Å². The van der Waals surface area contributed by atoms with Gasteiger partial charge in [-0.15, -0.1) is 5.10 Å². The van der Waals surface area contributed by atoms with E-state index < -0.39 is 16.1 Å². The van der Waals surface area contributed by atoms with Gasteiger partial charge in [-0.3, -0.25) is 4.79 Å². The third-order valence-electron chi connectivity index (χ3n) is 5.90. The number of aromatic nitrogens is 4. The Morgan fingerprint density at radius 1 is 1.16 bits per heavy atom. The summed E-state index contributed by atoms with van der Waals surface area (Å²) >= 11 is 0. The average molecular weight is 542 g/mol. The van der Waals surface area contributed by atoms with Gasteiger partial charge in [0.1, 0.15) is 11.6 Å². The van der Waals surface area contributed by atoms with Crippen molar-refractivity contribution in [2.45, 2.75) is 58.4 Å². The van der Waals surface area contributed by atoms with E-state index in [0.717, 1.165) is 12.0 Å². The Bertz CT molecular complexity index is 1550. The molecule has 4 rings (SSSR count). The van der Waals surface area contributed by atoms with Crippen LogP contribution in [0.15, 0.2) is 58.2 Å². The van der Waals surface area contributed by atoms with Gasteiger partial charge in [-0.1, -0.05) is 44.7 Å². The van der Waals surface area contributed by atoms with Crippen LogP contribution in [0, 0.1) is 6.92 Å². The van der Waals surface area contributed by atoms with Crippen LogP contribution in [-0.2, 0) is 22.9 Å². The number of imidazole rings is 1. The maximum atomic E-state index is 13.3. The number of sulfonamides is 1. The number of fused-ring (bicyclic) bond motifs is 1. The lowest BCUT2D eigenvalue weighted by atomic mass is 10.1. The van der Waals surface area contributed by atoms with Crippen LogP contribution in [0.5, 0.6) is 5.75 Å². The fourth-order valence-electron chi connectivity index (χ4n) is 4.21. The molecule has 0 bridgehead atoms.